The van der Waals surface area contributed by atoms with Crippen molar-refractivity contribution in [3.8, 4) is 11.6 Å². The first-order valence-corrected chi connectivity index (χ1v) is 9.28. The van der Waals surface area contributed by atoms with E-state index >= 15 is 0 Å². The van der Waals surface area contributed by atoms with Gasteiger partial charge in [0.15, 0.2) is 5.82 Å². The summed E-state index contributed by atoms with van der Waals surface area (Å²) in [5.74, 6) is 1.24. The summed E-state index contributed by atoms with van der Waals surface area (Å²) in [5, 5.41) is 5.99. The normalized spacial score (nSPS) is 17.1. The lowest BCUT2D eigenvalue weighted by Crippen LogP contribution is -2.35. The highest BCUT2D eigenvalue weighted by atomic mass is 32.1. The van der Waals surface area contributed by atoms with E-state index in [0.717, 1.165) is 30.7 Å². The highest BCUT2D eigenvalue weighted by Gasteiger charge is 2.29. The van der Waals surface area contributed by atoms with Crippen molar-refractivity contribution in [1.82, 2.24) is 20.0 Å². The van der Waals surface area contributed by atoms with Crippen molar-refractivity contribution in [1.29, 1.82) is 0 Å². The monoisotopic (exact) mass is 354 g/mol. The third-order valence-electron chi connectivity index (χ3n) is 4.42. The van der Waals surface area contributed by atoms with E-state index in [9.17, 15) is 4.79 Å². The first-order chi connectivity index (χ1) is 12.3. The molecule has 1 aliphatic rings. The van der Waals surface area contributed by atoms with Crippen molar-refractivity contribution < 1.29 is 9.32 Å². The first kappa shape index (κ1) is 16.0. The van der Waals surface area contributed by atoms with Crippen molar-refractivity contribution >= 4 is 17.2 Å². The number of likely N-dealkylation sites (tertiary alicyclic amines) is 1. The molecule has 0 N–H and O–H groups in total. The molecule has 0 aromatic carbocycles. The van der Waals surface area contributed by atoms with Crippen molar-refractivity contribution in [3.05, 3.63) is 52.6 Å². The van der Waals surface area contributed by atoms with Gasteiger partial charge in [-0.3, -0.25) is 9.78 Å². The van der Waals surface area contributed by atoms with E-state index in [1.165, 1.54) is 11.3 Å². The molecule has 1 fully saturated rings. The molecule has 3 aromatic rings. The molecule has 4 rings (SSSR count). The highest BCUT2D eigenvalue weighted by molar-refractivity contribution is 7.12. The zero-order chi connectivity index (χ0) is 17.1. The minimum Gasteiger partial charge on any atom is -0.335 e. The van der Waals surface area contributed by atoms with E-state index in [1.54, 1.807) is 6.20 Å². The number of hydrogen-bond donors (Lipinski definition) is 0. The average molecular weight is 354 g/mol. The Hall–Kier alpha value is -2.54. The minimum absolute atomic E-state index is 0.139. The van der Waals surface area contributed by atoms with Crippen LogP contribution in [0.15, 0.2) is 46.4 Å². The van der Waals surface area contributed by atoms with E-state index in [-0.39, 0.29) is 11.9 Å². The Balaban J connectivity index is 1.39. The molecule has 1 unspecified atom stereocenters. The van der Waals surface area contributed by atoms with Crippen LogP contribution in [0.5, 0.6) is 0 Å². The average Bonchev–Trinajstić information content (AvgIpc) is 3.41. The third kappa shape index (κ3) is 3.46. The molecular formula is C18H18N4O2S. The van der Waals surface area contributed by atoms with Gasteiger partial charge in [0.05, 0.1) is 4.88 Å². The SMILES string of the molecule is O=C(c1cccs1)N1CCCC1CCc1noc(-c2ccccn2)n1. The predicted octanol–water partition coefficient (Wildman–Crippen LogP) is 3.43. The van der Waals surface area contributed by atoms with E-state index in [2.05, 4.69) is 15.1 Å². The molecular weight excluding hydrogens is 336 g/mol. The van der Waals surface area contributed by atoms with Crippen molar-refractivity contribution in [3.63, 3.8) is 0 Å². The second-order valence-electron chi connectivity index (χ2n) is 6.04. The first-order valence-electron chi connectivity index (χ1n) is 8.40. The Morgan fingerprint density at radius 1 is 1.32 bits per heavy atom. The number of carbonyl (C=O) groups excluding carboxylic acids is 1. The number of nitrogens with zero attached hydrogens (tertiary/aromatic N) is 4. The van der Waals surface area contributed by atoms with Gasteiger partial charge in [0, 0.05) is 25.2 Å². The Kier molecular flexibility index (Phi) is 4.56. The zero-order valence-corrected chi connectivity index (χ0v) is 14.5. The van der Waals surface area contributed by atoms with Crippen LogP contribution in [0.2, 0.25) is 0 Å². The van der Waals surface area contributed by atoms with Crippen LogP contribution in [0.25, 0.3) is 11.6 Å². The summed E-state index contributed by atoms with van der Waals surface area (Å²) in [7, 11) is 0. The molecule has 1 amide bonds. The predicted molar refractivity (Wildman–Crippen MR) is 94.2 cm³/mol. The lowest BCUT2D eigenvalue weighted by atomic mass is 10.1. The second kappa shape index (κ2) is 7.14. The lowest BCUT2D eigenvalue weighted by molar-refractivity contribution is 0.0735. The van der Waals surface area contributed by atoms with Crippen molar-refractivity contribution in [2.45, 2.75) is 31.7 Å². The van der Waals surface area contributed by atoms with Crippen LogP contribution in [0.1, 0.15) is 34.8 Å². The van der Waals surface area contributed by atoms with Gasteiger partial charge >= 0.3 is 0 Å². The van der Waals surface area contributed by atoms with Gasteiger partial charge < -0.3 is 9.42 Å². The number of rotatable bonds is 5. The summed E-state index contributed by atoms with van der Waals surface area (Å²) < 4.78 is 5.30. The highest BCUT2D eigenvalue weighted by Crippen LogP contribution is 2.25. The van der Waals surface area contributed by atoms with Crippen LogP contribution in [-0.4, -0.2) is 38.5 Å². The molecule has 0 spiro atoms. The number of pyridine rings is 1. The third-order valence-corrected chi connectivity index (χ3v) is 5.28. The van der Waals surface area contributed by atoms with Gasteiger partial charge in [-0.05, 0) is 42.8 Å². The summed E-state index contributed by atoms with van der Waals surface area (Å²) in [4.78, 5) is 24.0. The maximum Gasteiger partial charge on any atom is 0.276 e. The number of aromatic nitrogens is 3. The fourth-order valence-electron chi connectivity index (χ4n) is 3.19. The van der Waals surface area contributed by atoms with Gasteiger partial charge in [-0.15, -0.1) is 11.3 Å². The summed E-state index contributed by atoms with van der Waals surface area (Å²) in [5.41, 5.74) is 0.677. The Bertz CT molecular complexity index is 832. The molecule has 128 valence electrons. The van der Waals surface area contributed by atoms with Crippen LogP contribution in [-0.2, 0) is 6.42 Å². The van der Waals surface area contributed by atoms with Crippen LogP contribution in [0.3, 0.4) is 0 Å². The van der Waals surface area contributed by atoms with Gasteiger partial charge in [0.25, 0.3) is 11.8 Å². The maximum absolute atomic E-state index is 12.6. The Morgan fingerprint density at radius 2 is 2.28 bits per heavy atom. The second-order valence-corrected chi connectivity index (χ2v) is 6.99. The standard InChI is InChI=1S/C18H18N4O2S/c23-18(15-7-4-12-25-15)22-11-3-5-13(22)8-9-16-20-17(24-21-16)14-6-1-2-10-19-14/h1-2,4,6-7,10,12-13H,3,5,8-9,11H2. The number of aryl methyl sites for hydroxylation is 1. The van der Waals surface area contributed by atoms with Crippen LogP contribution >= 0.6 is 11.3 Å². The fourth-order valence-corrected chi connectivity index (χ4v) is 3.87. The molecule has 0 saturated carbocycles. The maximum atomic E-state index is 12.6. The van der Waals surface area contributed by atoms with Gasteiger partial charge in [0.2, 0.25) is 0 Å². The van der Waals surface area contributed by atoms with Crippen LogP contribution < -0.4 is 0 Å². The number of amides is 1. The van der Waals surface area contributed by atoms with E-state index < -0.39 is 0 Å². The van der Waals surface area contributed by atoms with Crippen molar-refractivity contribution in [2.24, 2.45) is 0 Å². The largest absolute Gasteiger partial charge is 0.335 e. The molecule has 1 aliphatic heterocycles. The number of carbonyl (C=O) groups is 1. The van der Waals surface area contributed by atoms with Gasteiger partial charge in [-0.1, -0.05) is 17.3 Å². The quantitative estimate of drug-likeness (QED) is 0.702. The topological polar surface area (TPSA) is 72.1 Å². The molecule has 1 saturated heterocycles. The van der Waals surface area contributed by atoms with E-state index in [0.29, 0.717) is 23.8 Å². The molecule has 0 radical (unpaired) electrons. The molecule has 25 heavy (non-hydrogen) atoms. The summed E-state index contributed by atoms with van der Waals surface area (Å²) in [6.45, 7) is 0.826. The van der Waals surface area contributed by atoms with Gasteiger partial charge in [0.1, 0.15) is 5.69 Å². The molecule has 1 atom stereocenters. The number of thiophene rings is 1. The summed E-state index contributed by atoms with van der Waals surface area (Å²) in [6, 6.07) is 9.63. The minimum atomic E-state index is 0.139. The summed E-state index contributed by atoms with van der Waals surface area (Å²) in [6.07, 6.45) is 5.31. The smallest absolute Gasteiger partial charge is 0.276 e. The van der Waals surface area contributed by atoms with Gasteiger partial charge in [-0.2, -0.15) is 4.98 Å². The summed E-state index contributed by atoms with van der Waals surface area (Å²) >= 11 is 1.50. The Labute approximate surface area is 149 Å². The van der Waals surface area contributed by atoms with Gasteiger partial charge in [-0.25, -0.2) is 0 Å². The van der Waals surface area contributed by atoms with Crippen LogP contribution in [0, 0.1) is 0 Å². The molecule has 7 heteroatoms. The number of hydrogen-bond acceptors (Lipinski definition) is 6. The van der Waals surface area contributed by atoms with E-state index in [1.807, 2.05) is 40.6 Å². The Morgan fingerprint density at radius 3 is 3.08 bits per heavy atom. The molecule has 4 heterocycles. The molecule has 0 aliphatic carbocycles. The molecule has 6 nitrogen and oxygen atoms in total. The zero-order valence-electron chi connectivity index (χ0n) is 13.7. The van der Waals surface area contributed by atoms with E-state index in [4.69, 9.17) is 4.52 Å². The molecule has 0 bridgehead atoms. The van der Waals surface area contributed by atoms with Crippen LogP contribution in [0.4, 0.5) is 0 Å². The fraction of sp³-hybridized carbons (Fsp3) is 0.333. The molecule has 3 aromatic heterocycles. The lowest BCUT2D eigenvalue weighted by Gasteiger charge is -2.23. The van der Waals surface area contributed by atoms with Crippen molar-refractivity contribution in [2.75, 3.05) is 6.54 Å².